The molecule has 0 saturated carbocycles. The molecule has 138 valence electrons. The van der Waals surface area contributed by atoms with Crippen LogP contribution in [0.4, 0.5) is 0 Å². The first-order chi connectivity index (χ1) is 12.7. The second-order valence-electron chi connectivity index (χ2n) is 6.53. The average molecular weight is 358 g/mol. The summed E-state index contributed by atoms with van der Waals surface area (Å²) >= 11 is 0. The first kappa shape index (κ1) is 17.0. The van der Waals surface area contributed by atoms with Crippen molar-refractivity contribution in [2.75, 3.05) is 39.9 Å². The molecule has 0 radical (unpaired) electrons. The third-order valence-electron chi connectivity index (χ3n) is 4.72. The number of nitrogens with one attached hydrogen (secondary N) is 1. The van der Waals surface area contributed by atoms with Crippen molar-refractivity contribution in [3.63, 3.8) is 0 Å². The number of likely N-dealkylation sites (N-methyl/N-ethyl adjacent to an activating group) is 1. The minimum Gasteiger partial charge on any atom is -0.486 e. The molecular weight excluding hydrogens is 336 g/mol. The normalized spacial score (nSPS) is 20.1. The van der Waals surface area contributed by atoms with Crippen molar-refractivity contribution in [1.29, 1.82) is 0 Å². The number of ether oxygens (including phenoxy) is 2. The van der Waals surface area contributed by atoms with Crippen LogP contribution < -0.4 is 14.8 Å². The van der Waals surface area contributed by atoms with E-state index in [-0.39, 0.29) is 11.8 Å². The van der Waals surface area contributed by atoms with Crippen LogP contribution in [0.3, 0.4) is 0 Å². The summed E-state index contributed by atoms with van der Waals surface area (Å²) in [7, 11) is 2.05. The third-order valence-corrected chi connectivity index (χ3v) is 4.72. The average Bonchev–Trinajstić information content (AvgIpc) is 3.15. The zero-order valence-corrected chi connectivity index (χ0v) is 14.7. The highest BCUT2D eigenvalue weighted by atomic mass is 16.6. The van der Waals surface area contributed by atoms with Gasteiger partial charge in [-0.15, -0.1) is 0 Å². The maximum atomic E-state index is 12.5. The number of hydrogen-bond acceptors (Lipinski definition) is 8. The van der Waals surface area contributed by atoms with Crippen LogP contribution in [0.5, 0.6) is 11.5 Å². The maximum absolute atomic E-state index is 12.5. The Hall–Kier alpha value is -2.45. The Balaban J connectivity index is 1.37. The van der Waals surface area contributed by atoms with Crippen LogP contribution in [0.2, 0.25) is 0 Å². The van der Waals surface area contributed by atoms with Gasteiger partial charge in [0.1, 0.15) is 13.2 Å². The highest BCUT2D eigenvalue weighted by Crippen LogP contribution is 2.31. The Labute approximate surface area is 151 Å². The van der Waals surface area contributed by atoms with Gasteiger partial charge in [0.05, 0.1) is 6.04 Å². The number of carbonyl (C=O) groups is 1. The fourth-order valence-corrected chi connectivity index (χ4v) is 3.18. The largest absolute Gasteiger partial charge is 0.486 e. The molecule has 8 nitrogen and oxygen atoms in total. The highest BCUT2D eigenvalue weighted by molar-refractivity contribution is 5.96. The summed E-state index contributed by atoms with van der Waals surface area (Å²) in [6, 6.07) is 5.38. The predicted molar refractivity (Wildman–Crippen MR) is 92.6 cm³/mol. The van der Waals surface area contributed by atoms with E-state index in [1.807, 2.05) is 7.05 Å². The first-order valence-corrected chi connectivity index (χ1v) is 8.87. The topological polar surface area (TPSA) is 89.7 Å². The molecule has 0 bridgehead atoms. The first-order valence-electron chi connectivity index (χ1n) is 8.87. The summed E-state index contributed by atoms with van der Waals surface area (Å²) in [5.41, 5.74) is 0.602. The molecule has 8 heteroatoms. The number of aromatic nitrogens is 2. The number of nitrogens with zero attached hydrogens (tertiary/aromatic N) is 3. The van der Waals surface area contributed by atoms with Gasteiger partial charge in [-0.25, -0.2) is 0 Å². The number of Topliss-reactive ketones (excluding diaryl/α,β-unsaturated/α-hetero) is 1. The van der Waals surface area contributed by atoms with E-state index in [0.717, 1.165) is 19.6 Å². The van der Waals surface area contributed by atoms with Gasteiger partial charge in [0.2, 0.25) is 5.89 Å². The summed E-state index contributed by atoms with van der Waals surface area (Å²) in [5, 5.41) is 7.41. The molecule has 2 aliphatic heterocycles. The van der Waals surface area contributed by atoms with E-state index in [2.05, 4.69) is 20.4 Å². The van der Waals surface area contributed by atoms with Crippen molar-refractivity contribution in [1.82, 2.24) is 20.4 Å². The summed E-state index contributed by atoms with van der Waals surface area (Å²) in [4.78, 5) is 19.1. The van der Waals surface area contributed by atoms with Gasteiger partial charge in [-0.05, 0) is 25.2 Å². The minimum atomic E-state index is 0.0122. The minimum absolute atomic E-state index is 0.0122. The number of benzene rings is 1. The van der Waals surface area contributed by atoms with Gasteiger partial charge in [0.15, 0.2) is 23.1 Å². The molecule has 1 aromatic carbocycles. The Kier molecular flexibility index (Phi) is 4.85. The standard InChI is InChI=1S/C18H22N4O4/c1-22-7-6-19-11-13(22)18-20-17(26-21-18)5-3-14(23)12-2-4-15-16(10-12)25-9-8-24-15/h2,4,10,13,19H,3,5-9,11H2,1H3. The fraction of sp³-hybridized carbons (Fsp3) is 0.500. The third kappa shape index (κ3) is 3.56. The van der Waals surface area contributed by atoms with Crippen LogP contribution in [-0.2, 0) is 6.42 Å². The van der Waals surface area contributed by atoms with E-state index >= 15 is 0 Å². The molecule has 1 N–H and O–H groups in total. The molecule has 2 aliphatic rings. The predicted octanol–water partition coefficient (Wildman–Crippen LogP) is 1.23. The molecule has 4 rings (SSSR count). The van der Waals surface area contributed by atoms with Crippen molar-refractivity contribution in [3.05, 3.63) is 35.5 Å². The Morgan fingerprint density at radius 1 is 1.31 bits per heavy atom. The molecule has 2 aromatic rings. The van der Waals surface area contributed by atoms with E-state index in [1.165, 1.54) is 0 Å². The highest BCUT2D eigenvalue weighted by Gasteiger charge is 2.25. The molecule has 1 aromatic heterocycles. The summed E-state index contributed by atoms with van der Waals surface area (Å²) in [6.07, 6.45) is 0.726. The Bertz CT molecular complexity index is 791. The van der Waals surface area contributed by atoms with Gasteiger partial charge in [-0.3, -0.25) is 9.69 Å². The molecule has 1 atom stereocenters. The molecule has 1 unspecified atom stereocenters. The van der Waals surface area contributed by atoms with Gasteiger partial charge in [0.25, 0.3) is 0 Å². The van der Waals surface area contributed by atoms with Crippen molar-refractivity contribution >= 4 is 5.78 Å². The van der Waals surface area contributed by atoms with Crippen molar-refractivity contribution in [2.45, 2.75) is 18.9 Å². The number of aryl methyl sites for hydroxylation is 1. The summed E-state index contributed by atoms with van der Waals surface area (Å²) in [6.45, 7) is 3.73. The number of ketones is 1. The van der Waals surface area contributed by atoms with Crippen LogP contribution in [0.15, 0.2) is 22.7 Å². The molecule has 3 heterocycles. The van der Waals surface area contributed by atoms with Gasteiger partial charge >= 0.3 is 0 Å². The van der Waals surface area contributed by atoms with Crippen LogP contribution in [0.1, 0.15) is 34.5 Å². The van der Waals surface area contributed by atoms with E-state index in [0.29, 0.717) is 54.8 Å². The van der Waals surface area contributed by atoms with Crippen LogP contribution >= 0.6 is 0 Å². The molecule has 1 saturated heterocycles. The fourth-order valence-electron chi connectivity index (χ4n) is 3.18. The smallest absolute Gasteiger partial charge is 0.227 e. The van der Waals surface area contributed by atoms with Crippen molar-refractivity contribution in [2.24, 2.45) is 0 Å². The Morgan fingerprint density at radius 3 is 3.00 bits per heavy atom. The zero-order chi connectivity index (χ0) is 17.9. The van der Waals surface area contributed by atoms with Crippen LogP contribution in [-0.4, -0.2) is 60.7 Å². The SMILES string of the molecule is CN1CCNCC1c1noc(CCC(=O)c2ccc3c(c2)OCCO3)n1. The monoisotopic (exact) mass is 358 g/mol. The molecule has 0 spiro atoms. The number of carbonyl (C=O) groups excluding carboxylic acids is 1. The summed E-state index contributed by atoms with van der Waals surface area (Å²) < 4.78 is 16.3. The second-order valence-corrected chi connectivity index (χ2v) is 6.53. The quantitative estimate of drug-likeness (QED) is 0.799. The van der Waals surface area contributed by atoms with Gasteiger partial charge < -0.3 is 19.3 Å². The lowest BCUT2D eigenvalue weighted by Crippen LogP contribution is -2.44. The van der Waals surface area contributed by atoms with E-state index in [4.69, 9.17) is 14.0 Å². The molecule has 0 amide bonds. The Morgan fingerprint density at radius 2 is 2.15 bits per heavy atom. The molecular formula is C18H22N4O4. The number of hydrogen-bond donors (Lipinski definition) is 1. The lowest BCUT2D eigenvalue weighted by atomic mass is 10.1. The zero-order valence-electron chi connectivity index (χ0n) is 14.7. The maximum Gasteiger partial charge on any atom is 0.227 e. The molecule has 26 heavy (non-hydrogen) atoms. The summed E-state index contributed by atoms with van der Waals surface area (Å²) in [5.74, 6) is 2.47. The van der Waals surface area contributed by atoms with Gasteiger partial charge in [0, 0.05) is 38.0 Å². The number of rotatable bonds is 5. The van der Waals surface area contributed by atoms with E-state index in [1.54, 1.807) is 18.2 Å². The number of piperazine rings is 1. The van der Waals surface area contributed by atoms with Gasteiger partial charge in [-0.2, -0.15) is 4.98 Å². The second kappa shape index (κ2) is 7.43. The molecule has 0 aliphatic carbocycles. The lowest BCUT2D eigenvalue weighted by molar-refractivity contribution is 0.0978. The van der Waals surface area contributed by atoms with E-state index in [9.17, 15) is 4.79 Å². The van der Waals surface area contributed by atoms with Crippen LogP contribution in [0, 0.1) is 0 Å². The van der Waals surface area contributed by atoms with Gasteiger partial charge in [-0.1, -0.05) is 5.16 Å². The molecule has 1 fully saturated rings. The van der Waals surface area contributed by atoms with E-state index < -0.39 is 0 Å². The lowest BCUT2D eigenvalue weighted by Gasteiger charge is -2.30. The van der Waals surface area contributed by atoms with Crippen molar-refractivity contribution in [3.8, 4) is 11.5 Å². The van der Waals surface area contributed by atoms with Crippen LogP contribution in [0.25, 0.3) is 0 Å². The number of fused-ring (bicyclic) bond motifs is 1. The van der Waals surface area contributed by atoms with Crippen molar-refractivity contribution < 1.29 is 18.8 Å².